The first-order valence-corrected chi connectivity index (χ1v) is 4.68. The van der Waals surface area contributed by atoms with E-state index in [0.717, 1.165) is 10.9 Å². The minimum Gasteiger partial charge on any atom is -0.256 e. The Kier molecular flexibility index (Phi) is 3.36. The van der Waals surface area contributed by atoms with Crippen LogP contribution in [0.4, 0.5) is 0 Å². The van der Waals surface area contributed by atoms with Gasteiger partial charge < -0.3 is 0 Å². The molecule has 3 heteroatoms. The molecule has 0 saturated carbocycles. The monoisotopic (exact) mass is 226 g/mol. The second kappa shape index (κ2) is 4.32. The highest BCUT2D eigenvalue weighted by Gasteiger charge is 2.03. The fourth-order valence-electron chi connectivity index (χ4n) is 1.03. The fourth-order valence-corrected chi connectivity index (χ4v) is 1.61. The Morgan fingerprint density at radius 3 is 3.00 bits per heavy atom. The third kappa shape index (κ3) is 1.89. The van der Waals surface area contributed by atoms with Crippen molar-refractivity contribution in [3.63, 3.8) is 0 Å². The van der Waals surface area contributed by atoms with Crippen molar-refractivity contribution in [2.75, 3.05) is 0 Å². The summed E-state index contributed by atoms with van der Waals surface area (Å²) in [6.45, 7) is 4.63. The minimum absolute atomic E-state index is 0.686. The molecule has 0 aliphatic rings. The Morgan fingerprint density at radius 1 is 1.67 bits per heavy atom. The van der Waals surface area contributed by atoms with E-state index in [2.05, 4.69) is 39.8 Å². The molecule has 0 fully saturated rings. The van der Waals surface area contributed by atoms with Gasteiger partial charge in [-0.3, -0.25) is 4.68 Å². The Labute approximate surface area is 81.1 Å². The first-order valence-electron chi connectivity index (χ1n) is 3.89. The summed E-state index contributed by atoms with van der Waals surface area (Å²) >= 11 is 3.44. The summed E-state index contributed by atoms with van der Waals surface area (Å²) in [6, 6.07) is 0. The van der Waals surface area contributed by atoms with Gasteiger partial charge in [0, 0.05) is 0 Å². The fraction of sp³-hybridized carbons (Fsp3) is 0.444. The van der Waals surface area contributed by atoms with Gasteiger partial charge in [-0.25, -0.2) is 0 Å². The molecule has 1 heterocycles. The van der Waals surface area contributed by atoms with E-state index in [1.807, 2.05) is 17.8 Å². The molecule has 0 bridgehead atoms. The van der Waals surface area contributed by atoms with E-state index in [4.69, 9.17) is 0 Å². The molecule has 0 saturated heterocycles. The van der Waals surface area contributed by atoms with Crippen LogP contribution in [0.1, 0.15) is 19.5 Å². The average molecular weight is 227 g/mol. The van der Waals surface area contributed by atoms with Crippen LogP contribution in [-0.4, -0.2) is 9.78 Å². The summed E-state index contributed by atoms with van der Waals surface area (Å²) in [6.07, 6.45) is 2.79. The number of nitrogens with zero attached hydrogens (tertiary/aromatic N) is 2. The molecule has 2 nitrogen and oxygen atoms in total. The second-order valence-corrected chi connectivity index (χ2v) is 3.23. The van der Waals surface area contributed by atoms with Gasteiger partial charge in [0.2, 0.25) is 0 Å². The van der Waals surface area contributed by atoms with Crippen LogP contribution >= 0.6 is 15.9 Å². The topological polar surface area (TPSA) is 17.8 Å². The highest BCUT2D eigenvalue weighted by molar-refractivity contribution is 9.10. The van der Waals surface area contributed by atoms with E-state index in [0.29, 0.717) is 6.54 Å². The molecule has 12 heavy (non-hydrogen) atoms. The zero-order chi connectivity index (χ0) is 8.97. The summed E-state index contributed by atoms with van der Waals surface area (Å²) in [5, 5.41) is 4.19. The van der Waals surface area contributed by atoms with Gasteiger partial charge in [-0.05, 0) is 29.3 Å². The van der Waals surface area contributed by atoms with Crippen molar-refractivity contribution in [1.29, 1.82) is 0 Å². The van der Waals surface area contributed by atoms with Crippen LogP contribution in [0, 0.1) is 11.8 Å². The lowest BCUT2D eigenvalue weighted by Gasteiger charge is -2.00. The number of hydrogen-bond acceptors (Lipinski definition) is 1. The quantitative estimate of drug-likeness (QED) is 0.708. The van der Waals surface area contributed by atoms with E-state index in [-0.39, 0.29) is 0 Å². The molecule has 0 amide bonds. The first-order chi connectivity index (χ1) is 5.79. The third-order valence-electron chi connectivity index (χ3n) is 1.64. The molecule has 0 unspecified atom stereocenters. The lowest BCUT2D eigenvalue weighted by atomic mass is 10.3. The van der Waals surface area contributed by atoms with Gasteiger partial charge in [0.25, 0.3) is 0 Å². The molecule has 0 aliphatic heterocycles. The first kappa shape index (κ1) is 9.34. The zero-order valence-corrected chi connectivity index (χ0v) is 8.85. The van der Waals surface area contributed by atoms with Crippen LogP contribution in [0.15, 0.2) is 10.7 Å². The number of aromatic nitrogens is 2. The van der Waals surface area contributed by atoms with Crippen LogP contribution in [0.25, 0.3) is 0 Å². The number of halogens is 1. The van der Waals surface area contributed by atoms with Gasteiger partial charge in [-0.15, -0.1) is 5.92 Å². The predicted molar refractivity (Wildman–Crippen MR) is 52.8 cm³/mol. The van der Waals surface area contributed by atoms with Gasteiger partial charge in [0.15, 0.2) is 0 Å². The van der Waals surface area contributed by atoms with Crippen molar-refractivity contribution in [3.8, 4) is 11.8 Å². The molecule has 1 aromatic rings. The molecule has 1 rings (SSSR count). The second-order valence-electron chi connectivity index (χ2n) is 2.38. The highest BCUT2D eigenvalue weighted by atomic mass is 79.9. The molecule has 0 N–H and O–H groups in total. The SMILES string of the molecule is CC#CCn1ncc(Br)c1CC. The standard InChI is InChI=1S/C9H11BrN2/c1-3-5-6-12-9(4-2)8(10)7-11-12/h7H,4,6H2,1-2H3. The Morgan fingerprint density at radius 2 is 2.42 bits per heavy atom. The van der Waals surface area contributed by atoms with E-state index in [1.54, 1.807) is 0 Å². The lowest BCUT2D eigenvalue weighted by Crippen LogP contribution is -2.02. The molecule has 0 aromatic carbocycles. The maximum atomic E-state index is 4.19. The van der Waals surface area contributed by atoms with Gasteiger partial charge in [-0.2, -0.15) is 5.10 Å². The van der Waals surface area contributed by atoms with Crippen molar-refractivity contribution in [2.45, 2.75) is 26.8 Å². The highest BCUT2D eigenvalue weighted by Crippen LogP contribution is 2.15. The number of rotatable bonds is 2. The molecule has 1 aromatic heterocycles. The molecular formula is C9H11BrN2. The summed E-state index contributed by atoms with van der Waals surface area (Å²) in [7, 11) is 0. The smallest absolute Gasteiger partial charge is 0.102 e. The average Bonchev–Trinajstić information content (AvgIpc) is 2.43. The molecule has 0 atom stereocenters. The van der Waals surface area contributed by atoms with Crippen molar-refractivity contribution in [1.82, 2.24) is 9.78 Å². The number of hydrogen-bond donors (Lipinski definition) is 0. The summed E-state index contributed by atoms with van der Waals surface area (Å²) in [4.78, 5) is 0. The van der Waals surface area contributed by atoms with Crippen LogP contribution < -0.4 is 0 Å². The molecule has 0 spiro atoms. The lowest BCUT2D eigenvalue weighted by molar-refractivity contribution is 0.672. The molecule has 0 radical (unpaired) electrons. The third-order valence-corrected chi connectivity index (χ3v) is 2.30. The van der Waals surface area contributed by atoms with Crippen molar-refractivity contribution < 1.29 is 0 Å². The largest absolute Gasteiger partial charge is 0.256 e. The molecule has 0 aliphatic carbocycles. The zero-order valence-electron chi connectivity index (χ0n) is 7.26. The van der Waals surface area contributed by atoms with Crippen LogP contribution in [0.2, 0.25) is 0 Å². The minimum atomic E-state index is 0.686. The van der Waals surface area contributed by atoms with Gasteiger partial charge >= 0.3 is 0 Å². The molecular weight excluding hydrogens is 216 g/mol. The Hall–Kier alpha value is -0.750. The van der Waals surface area contributed by atoms with Gasteiger partial charge in [0.1, 0.15) is 6.54 Å². The maximum Gasteiger partial charge on any atom is 0.102 e. The predicted octanol–water partition coefficient (Wildman–Crippen LogP) is 2.23. The summed E-state index contributed by atoms with van der Waals surface area (Å²) < 4.78 is 2.99. The van der Waals surface area contributed by atoms with E-state index in [1.165, 1.54) is 5.69 Å². The van der Waals surface area contributed by atoms with E-state index < -0.39 is 0 Å². The molecule has 64 valence electrons. The van der Waals surface area contributed by atoms with Gasteiger partial charge in [0.05, 0.1) is 16.4 Å². The van der Waals surface area contributed by atoms with Crippen molar-refractivity contribution in [3.05, 3.63) is 16.4 Å². The van der Waals surface area contributed by atoms with Crippen molar-refractivity contribution in [2.24, 2.45) is 0 Å². The van der Waals surface area contributed by atoms with Crippen molar-refractivity contribution >= 4 is 15.9 Å². The van der Waals surface area contributed by atoms with Crippen LogP contribution in [0.5, 0.6) is 0 Å². The van der Waals surface area contributed by atoms with Crippen LogP contribution in [0.3, 0.4) is 0 Å². The Balaban J connectivity index is 2.88. The summed E-state index contributed by atoms with van der Waals surface area (Å²) in [5.41, 5.74) is 1.21. The van der Waals surface area contributed by atoms with E-state index in [9.17, 15) is 0 Å². The Bertz CT molecular complexity index is 317. The normalized spacial score (nSPS) is 9.25. The van der Waals surface area contributed by atoms with E-state index >= 15 is 0 Å². The summed E-state index contributed by atoms with van der Waals surface area (Å²) in [5.74, 6) is 5.83. The van der Waals surface area contributed by atoms with Gasteiger partial charge in [-0.1, -0.05) is 12.8 Å². The maximum absolute atomic E-state index is 4.19. The van der Waals surface area contributed by atoms with Crippen LogP contribution in [-0.2, 0) is 13.0 Å².